The van der Waals surface area contributed by atoms with Crippen LogP contribution in [0.15, 0.2) is 0 Å². The molecule has 4 amide bonds. The maximum absolute atomic E-state index is 12.6. The van der Waals surface area contributed by atoms with Crippen molar-refractivity contribution in [1.29, 1.82) is 5.26 Å². The summed E-state index contributed by atoms with van der Waals surface area (Å²) in [6.45, 7) is 0.849. The highest BCUT2D eigenvalue weighted by Gasteiger charge is 2.51. The van der Waals surface area contributed by atoms with Crippen molar-refractivity contribution in [3.63, 3.8) is 0 Å². The average molecular weight is 318 g/mol. The molecule has 124 valence electrons. The van der Waals surface area contributed by atoms with Gasteiger partial charge in [0.1, 0.15) is 12.1 Å². The second kappa shape index (κ2) is 6.19. The van der Waals surface area contributed by atoms with Crippen LogP contribution in [0.1, 0.15) is 44.9 Å². The van der Waals surface area contributed by atoms with Gasteiger partial charge in [0, 0.05) is 19.0 Å². The van der Waals surface area contributed by atoms with E-state index in [1.54, 1.807) is 4.90 Å². The minimum atomic E-state index is -0.774. The molecule has 23 heavy (non-hydrogen) atoms. The number of likely N-dealkylation sites (tertiary alicyclic amines) is 1. The molecule has 0 aromatic carbocycles. The molecule has 1 N–H and O–H groups in total. The van der Waals surface area contributed by atoms with Gasteiger partial charge in [-0.3, -0.25) is 14.5 Å². The predicted octanol–water partition coefficient (Wildman–Crippen LogP) is 1.00. The molecular formula is C16H22N4O3. The Morgan fingerprint density at radius 2 is 1.87 bits per heavy atom. The average Bonchev–Trinajstić information content (AvgIpc) is 2.80. The molecule has 3 fully saturated rings. The molecule has 2 aliphatic heterocycles. The van der Waals surface area contributed by atoms with Crippen molar-refractivity contribution >= 4 is 17.8 Å². The Kier molecular flexibility index (Phi) is 4.24. The summed E-state index contributed by atoms with van der Waals surface area (Å²) in [4.78, 5) is 39.9. The lowest BCUT2D eigenvalue weighted by Crippen LogP contribution is -2.49. The highest BCUT2D eigenvalue weighted by molar-refractivity contribution is 6.09. The van der Waals surface area contributed by atoms with Crippen molar-refractivity contribution in [3.8, 4) is 6.07 Å². The lowest BCUT2D eigenvalue weighted by molar-refractivity contribution is -0.140. The van der Waals surface area contributed by atoms with Crippen LogP contribution < -0.4 is 5.32 Å². The van der Waals surface area contributed by atoms with E-state index in [9.17, 15) is 14.4 Å². The summed E-state index contributed by atoms with van der Waals surface area (Å²) in [7, 11) is 0. The summed E-state index contributed by atoms with van der Waals surface area (Å²) in [6.07, 6.45) is 5.58. The highest BCUT2D eigenvalue weighted by Crippen LogP contribution is 2.33. The Hall–Kier alpha value is -2.10. The van der Waals surface area contributed by atoms with Crippen LogP contribution in [0.4, 0.5) is 4.79 Å². The van der Waals surface area contributed by atoms with Gasteiger partial charge in [0.15, 0.2) is 0 Å². The van der Waals surface area contributed by atoms with Gasteiger partial charge in [0.25, 0.3) is 5.91 Å². The summed E-state index contributed by atoms with van der Waals surface area (Å²) in [6, 6.07) is 1.78. The number of carbonyl (C=O) groups excluding carboxylic acids is 3. The van der Waals surface area contributed by atoms with Crippen molar-refractivity contribution in [2.45, 2.75) is 50.5 Å². The van der Waals surface area contributed by atoms with Crippen molar-refractivity contribution in [3.05, 3.63) is 0 Å². The van der Waals surface area contributed by atoms with Crippen LogP contribution in [-0.2, 0) is 9.59 Å². The monoisotopic (exact) mass is 318 g/mol. The van der Waals surface area contributed by atoms with Crippen LogP contribution in [0.5, 0.6) is 0 Å². The molecule has 1 spiro atoms. The molecule has 0 aromatic rings. The van der Waals surface area contributed by atoms with Crippen molar-refractivity contribution in [1.82, 2.24) is 15.1 Å². The first kappa shape index (κ1) is 15.8. The Balaban J connectivity index is 1.61. The summed E-state index contributed by atoms with van der Waals surface area (Å²) in [5.74, 6) is -0.457. The van der Waals surface area contributed by atoms with Crippen LogP contribution in [0.25, 0.3) is 0 Å². The SMILES string of the molecule is N#CC1CCN(C(=O)CN2C(=O)NC3(CCCCC3)C2=O)CC1. The molecule has 7 nitrogen and oxygen atoms in total. The van der Waals surface area contributed by atoms with Gasteiger partial charge >= 0.3 is 6.03 Å². The van der Waals surface area contributed by atoms with Gasteiger partial charge in [-0.2, -0.15) is 5.26 Å². The van der Waals surface area contributed by atoms with Crippen LogP contribution in [0.3, 0.4) is 0 Å². The van der Waals surface area contributed by atoms with Crippen molar-refractivity contribution in [2.24, 2.45) is 5.92 Å². The van der Waals surface area contributed by atoms with Crippen LogP contribution in [0.2, 0.25) is 0 Å². The second-order valence-corrected chi connectivity index (χ2v) is 6.75. The van der Waals surface area contributed by atoms with E-state index in [2.05, 4.69) is 11.4 Å². The summed E-state index contributed by atoms with van der Waals surface area (Å²) in [5.41, 5.74) is -0.774. The number of nitrogens with zero attached hydrogens (tertiary/aromatic N) is 3. The third kappa shape index (κ3) is 2.90. The van der Waals surface area contributed by atoms with E-state index in [0.717, 1.165) is 24.2 Å². The molecule has 7 heteroatoms. The van der Waals surface area contributed by atoms with Gasteiger partial charge in [-0.1, -0.05) is 19.3 Å². The number of rotatable bonds is 2. The minimum absolute atomic E-state index is 0.00118. The van der Waals surface area contributed by atoms with Gasteiger partial charge < -0.3 is 10.2 Å². The maximum atomic E-state index is 12.6. The smallest absolute Gasteiger partial charge is 0.325 e. The summed E-state index contributed by atoms with van der Waals surface area (Å²) >= 11 is 0. The maximum Gasteiger partial charge on any atom is 0.325 e. The molecule has 0 atom stereocenters. The third-order valence-corrected chi connectivity index (χ3v) is 5.28. The van der Waals surface area contributed by atoms with Gasteiger partial charge in [-0.25, -0.2) is 4.79 Å². The topological polar surface area (TPSA) is 93.5 Å². The zero-order chi connectivity index (χ0) is 16.4. The highest BCUT2D eigenvalue weighted by atomic mass is 16.2. The lowest BCUT2D eigenvalue weighted by Gasteiger charge is -2.31. The molecular weight excluding hydrogens is 296 g/mol. The molecule has 0 aromatic heterocycles. The van der Waals surface area contributed by atoms with Gasteiger partial charge in [-0.15, -0.1) is 0 Å². The van der Waals surface area contributed by atoms with E-state index < -0.39 is 11.6 Å². The molecule has 3 aliphatic rings. The number of nitriles is 1. The standard InChI is InChI=1S/C16H22N4O3/c17-10-12-4-8-19(9-5-12)13(21)11-20-14(22)16(18-15(20)23)6-2-1-3-7-16/h12H,1-9,11H2,(H,18,23). The van der Waals surface area contributed by atoms with E-state index in [1.165, 1.54) is 0 Å². The molecule has 0 bridgehead atoms. The molecule has 0 radical (unpaired) electrons. The second-order valence-electron chi connectivity index (χ2n) is 6.75. The predicted molar refractivity (Wildman–Crippen MR) is 81.0 cm³/mol. The normalized spacial score (nSPS) is 24.7. The van der Waals surface area contributed by atoms with E-state index in [0.29, 0.717) is 38.8 Å². The number of hydrogen-bond donors (Lipinski definition) is 1. The van der Waals surface area contributed by atoms with Crippen LogP contribution in [-0.4, -0.2) is 52.8 Å². The Bertz CT molecular complexity index is 554. The van der Waals surface area contributed by atoms with E-state index in [1.807, 2.05) is 0 Å². The summed E-state index contributed by atoms with van der Waals surface area (Å²) < 4.78 is 0. The van der Waals surface area contributed by atoms with Crippen LogP contribution in [0, 0.1) is 17.2 Å². The number of nitrogens with one attached hydrogen (secondary N) is 1. The van der Waals surface area contributed by atoms with Crippen molar-refractivity contribution < 1.29 is 14.4 Å². The fourth-order valence-electron chi connectivity index (χ4n) is 3.81. The first-order chi connectivity index (χ1) is 11.1. The summed E-state index contributed by atoms with van der Waals surface area (Å²) in [5, 5.41) is 11.7. The number of piperidine rings is 1. The van der Waals surface area contributed by atoms with Crippen LogP contribution >= 0.6 is 0 Å². The van der Waals surface area contributed by atoms with E-state index >= 15 is 0 Å². The molecule has 2 saturated heterocycles. The number of amides is 4. The number of carbonyl (C=O) groups is 3. The van der Waals surface area contributed by atoms with E-state index in [4.69, 9.17) is 5.26 Å². The fourth-order valence-corrected chi connectivity index (χ4v) is 3.81. The first-order valence-corrected chi connectivity index (χ1v) is 8.37. The molecule has 2 heterocycles. The van der Waals surface area contributed by atoms with Gasteiger partial charge in [0.2, 0.25) is 5.91 Å². The molecule has 3 rings (SSSR count). The largest absolute Gasteiger partial charge is 0.341 e. The fraction of sp³-hybridized carbons (Fsp3) is 0.750. The molecule has 1 saturated carbocycles. The Morgan fingerprint density at radius 1 is 1.22 bits per heavy atom. The zero-order valence-corrected chi connectivity index (χ0v) is 13.2. The molecule has 1 aliphatic carbocycles. The van der Waals surface area contributed by atoms with Gasteiger partial charge in [-0.05, 0) is 25.7 Å². The Morgan fingerprint density at radius 3 is 2.48 bits per heavy atom. The number of hydrogen-bond acceptors (Lipinski definition) is 4. The number of imide groups is 1. The lowest BCUT2D eigenvalue weighted by atomic mass is 9.82. The molecule has 0 unspecified atom stereocenters. The minimum Gasteiger partial charge on any atom is -0.341 e. The quantitative estimate of drug-likeness (QED) is 0.769. The third-order valence-electron chi connectivity index (χ3n) is 5.28. The number of urea groups is 1. The zero-order valence-electron chi connectivity index (χ0n) is 13.2. The van der Waals surface area contributed by atoms with Crippen molar-refractivity contribution in [2.75, 3.05) is 19.6 Å². The van der Waals surface area contributed by atoms with E-state index in [-0.39, 0.29) is 24.3 Å². The first-order valence-electron chi connectivity index (χ1n) is 8.37. The Labute approximate surface area is 135 Å². The van der Waals surface area contributed by atoms with Gasteiger partial charge in [0.05, 0.1) is 6.07 Å².